The predicted molar refractivity (Wildman–Crippen MR) is 124 cm³/mol. The highest BCUT2D eigenvalue weighted by molar-refractivity contribution is 14.0. The zero-order chi connectivity index (χ0) is 19.3. The van der Waals surface area contributed by atoms with Crippen LogP contribution in [0.5, 0.6) is 0 Å². The van der Waals surface area contributed by atoms with E-state index in [1.54, 1.807) is 7.11 Å². The van der Waals surface area contributed by atoms with E-state index >= 15 is 0 Å². The number of methoxy groups -OCH3 is 1. The third kappa shape index (κ3) is 8.74. The van der Waals surface area contributed by atoms with Gasteiger partial charge >= 0.3 is 0 Å². The van der Waals surface area contributed by atoms with Crippen LogP contribution in [0.25, 0.3) is 0 Å². The lowest BCUT2D eigenvalue weighted by atomic mass is 10.2. The Balaban J connectivity index is 0.00000392. The lowest BCUT2D eigenvalue weighted by Crippen LogP contribution is -2.44. The number of para-hydroxylation sites is 1. The Morgan fingerprint density at radius 3 is 2.71 bits per heavy atom. The molecule has 1 aliphatic heterocycles. The molecule has 1 fully saturated rings. The highest BCUT2D eigenvalue weighted by atomic mass is 127. The average Bonchev–Trinajstić information content (AvgIpc) is 3.05. The minimum atomic E-state index is 0. The average molecular weight is 504 g/mol. The third-order valence-electron chi connectivity index (χ3n) is 4.28. The number of anilines is 1. The van der Waals surface area contributed by atoms with Gasteiger partial charge in [0.25, 0.3) is 0 Å². The molecule has 1 saturated heterocycles. The fourth-order valence-electron chi connectivity index (χ4n) is 2.93. The molecule has 1 heterocycles. The Labute approximate surface area is 185 Å². The maximum absolute atomic E-state index is 12.3. The van der Waals surface area contributed by atoms with Crippen molar-refractivity contribution in [1.29, 1.82) is 0 Å². The molecule has 1 aromatic carbocycles. The van der Waals surface area contributed by atoms with Crippen LogP contribution in [-0.4, -0.2) is 64.5 Å². The van der Waals surface area contributed by atoms with Crippen molar-refractivity contribution in [2.24, 2.45) is 4.99 Å². The molecule has 0 saturated carbocycles. The fraction of sp³-hybridized carbons (Fsp3) is 0.600. The minimum absolute atomic E-state index is 0. The topological polar surface area (TPSA) is 75.2 Å². The fourth-order valence-corrected chi connectivity index (χ4v) is 2.93. The molecule has 1 aromatic rings. The van der Waals surface area contributed by atoms with Gasteiger partial charge in [0.1, 0.15) is 0 Å². The molecule has 2 rings (SSSR count). The Morgan fingerprint density at radius 1 is 1.21 bits per heavy atom. The first-order chi connectivity index (χ1) is 13.2. The molecule has 0 aliphatic carbocycles. The second-order valence-electron chi connectivity index (χ2n) is 6.46. The van der Waals surface area contributed by atoms with Gasteiger partial charge in [0.2, 0.25) is 5.91 Å². The molecular formula is C20H33IN4O3. The first-order valence-electron chi connectivity index (χ1n) is 9.71. The van der Waals surface area contributed by atoms with Gasteiger partial charge in [-0.05, 0) is 31.9 Å². The van der Waals surface area contributed by atoms with Crippen molar-refractivity contribution in [1.82, 2.24) is 10.6 Å². The molecular weight excluding hydrogens is 471 g/mol. The van der Waals surface area contributed by atoms with Crippen LogP contribution in [0.2, 0.25) is 0 Å². The van der Waals surface area contributed by atoms with Gasteiger partial charge in [0, 0.05) is 45.5 Å². The van der Waals surface area contributed by atoms with Crippen molar-refractivity contribution in [3.05, 3.63) is 30.3 Å². The second-order valence-corrected chi connectivity index (χ2v) is 6.46. The largest absolute Gasteiger partial charge is 0.382 e. The number of guanidine groups is 1. The van der Waals surface area contributed by atoms with Crippen LogP contribution in [0.4, 0.5) is 5.69 Å². The van der Waals surface area contributed by atoms with Crippen molar-refractivity contribution in [3.8, 4) is 0 Å². The van der Waals surface area contributed by atoms with E-state index in [0.29, 0.717) is 26.2 Å². The zero-order valence-corrected chi connectivity index (χ0v) is 19.2. The number of ether oxygens (including phenoxy) is 2. The van der Waals surface area contributed by atoms with Gasteiger partial charge in [0.05, 0.1) is 19.3 Å². The summed E-state index contributed by atoms with van der Waals surface area (Å²) < 4.78 is 10.4. The van der Waals surface area contributed by atoms with E-state index < -0.39 is 0 Å². The predicted octanol–water partition coefficient (Wildman–Crippen LogP) is 2.41. The molecule has 2 N–H and O–H groups in total. The summed E-state index contributed by atoms with van der Waals surface area (Å²) in [6, 6.07) is 9.86. The first-order valence-corrected chi connectivity index (χ1v) is 9.71. The molecule has 28 heavy (non-hydrogen) atoms. The van der Waals surface area contributed by atoms with Crippen molar-refractivity contribution in [3.63, 3.8) is 0 Å². The van der Waals surface area contributed by atoms with E-state index in [4.69, 9.17) is 9.47 Å². The van der Waals surface area contributed by atoms with Gasteiger partial charge in [-0.15, -0.1) is 24.0 Å². The summed E-state index contributed by atoms with van der Waals surface area (Å²) in [6.45, 7) is 6.20. The number of amides is 1. The van der Waals surface area contributed by atoms with E-state index in [1.807, 2.05) is 42.2 Å². The summed E-state index contributed by atoms with van der Waals surface area (Å²) in [7, 11) is 1.67. The van der Waals surface area contributed by atoms with Gasteiger partial charge in [0.15, 0.2) is 5.96 Å². The maximum atomic E-state index is 12.3. The molecule has 1 atom stereocenters. The summed E-state index contributed by atoms with van der Waals surface area (Å²) in [6.07, 6.45) is 2.41. The Bertz CT molecular complexity index is 586. The molecule has 0 spiro atoms. The molecule has 7 nitrogen and oxygen atoms in total. The van der Waals surface area contributed by atoms with E-state index in [2.05, 4.69) is 15.6 Å². The number of nitrogens with zero attached hydrogens (tertiary/aromatic N) is 2. The van der Waals surface area contributed by atoms with Gasteiger partial charge in [-0.25, -0.2) is 0 Å². The summed E-state index contributed by atoms with van der Waals surface area (Å²) in [5.41, 5.74) is 0.946. The number of halogens is 1. The number of aliphatic imine (C=N–C) groups is 1. The molecule has 0 radical (unpaired) electrons. The van der Waals surface area contributed by atoms with E-state index in [1.165, 1.54) is 0 Å². The molecule has 8 heteroatoms. The van der Waals surface area contributed by atoms with Crippen molar-refractivity contribution >= 4 is 41.5 Å². The minimum Gasteiger partial charge on any atom is -0.382 e. The highest BCUT2D eigenvalue weighted by Gasteiger charge is 2.30. The van der Waals surface area contributed by atoms with Crippen molar-refractivity contribution in [2.45, 2.75) is 32.2 Å². The van der Waals surface area contributed by atoms with E-state index in [-0.39, 0.29) is 35.9 Å². The third-order valence-corrected chi connectivity index (χ3v) is 4.28. The van der Waals surface area contributed by atoms with Crippen LogP contribution in [0.15, 0.2) is 35.3 Å². The second kappa shape index (κ2) is 14.6. The van der Waals surface area contributed by atoms with Crippen LogP contribution in [0.1, 0.15) is 26.2 Å². The number of hydrogen-bond acceptors (Lipinski definition) is 4. The normalized spacial score (nSPS) is 16.8. The number of carbonyl (C=O) groups is 1. The van der Waals surface area contributed by atoms with Crippen LogP contribution >= 0.6 is 24.0 Å². The smallest absolute Gasteiger partial charge is 0.229 e. The Hall–Kier alpha value is -1.39. The monoisotopic (exact) mass is 504 g/mol. The number of nitrogens with one attached hydrogen (secondary N) is 2. The zero-order valence-electron chi connectivity index (χ0n) is 16.9. The summed E-state index contributed by atoms with van der Waals surface area (Å²) in [4.78, 5) is 18.8. The quantitative estimate of drug-likeness (QED) is 0.210. The molecule has 1 aliphatic rings. The lowest BCUT2D eigenvalue weighted by Gasteiger charge is -2.19. The van der Waals surface area contributed by atoms with E-state index in [9.17, 15) is 4.79 Å². The molecule has 0 aromatic heterocycles. The SMILES string of the molecule is CCNC(=NCCCCOCCOC)NC1CC(=O)N(c2ccccc2)C1.I. The van der Waals surface area contributed by atoms with Gasteiger partial charge in [-0.2, -0.15) is 0 Å². The van der Waals surface area contributed by atoms with Crippen molar-refractivity contribution < 1.29 is 14.3 Å². The van der Waals surface area contributed by atoms with Gasteiger partial charge in [-0.1, -0.05) is 18.2 Å². The lowest BCUT2D eigenvalue weighted by molar-refractivity contribution is -0.117. The molecule has 158 valence electrons. The number of benzene rings is 1. The summed E-state index contributed by atoms with van der Waals surface area (Å²) in [5.74, 6) is 0.910. The first kappa shape index (κ1) is 24.6. The Morgan fingerprint density at radius 2 is 2.00 bits per heavy atom. The molecule has 1 amide bonds. The number of rotatable bonds is 11. The molecule has 1 unspecified atom stereocenters. The summed E-state index contributed by atoms with van der Waals surface area (Å²) in [5, 5.41) is 6.65. The van der Waals surface area contributed by atoms with Crippen LogP contribution in [0, 0.1) is 0 Å². The Kier molecular flexibility index (Phi) is 12.8. The molecule has 0 bridgehead atoms. The maximum Gasteiger partial charge on any atom is 0.229 e. The van der Waals surface area contributed by atoms with Crippen LogP contribution < -0.4 is 15.5 Å². The standard InChI is InChI=1S/C20H32N4O3.HI/c1-3-21-20(22-11-7-8-12-27-14-13-26-2)23-17-15-19(25)24(16-17)18-9-5-4-6-10-18;/h4-6,9-10,17H,3,7-8,11-16H2,1-2H3,(H2,21,22,23);1H. The number of carbonyl (C=O) groups excluding carboxylic acids is 1. The van der Waals surface area contributed by atoms with E-state index in [0.717, 1.165) is 44.2 Å². The summed E-state index contributed by atoms with van der Waals surface area (Å²) >= 11 is 0. The van der Waals surface area contributed by atoms with Crippen molar-refractivity contribution in [2.75, 3.05) is 51.5 Å². The van der Waals surface area contributed by atoms with Gasteiger partial charge < -0.3 is 25.0 Å². The highest BCUT2D eigenvalue weighted by Crippen LogP contribution is 2.20. The number of unbranched alkanes of at least 4 members (excludes halogenated alkanes) is 1. The number of hydrogen-bond donors (Lipinski definition) is 2. The van der Waals surface area contributed by atoms with Gasteiger partial charge in [-0.3, -0.25) is 9.79 Å². The van der Waals surface area contributed by atoms with Crippen LogP contribution in [-0.2, 0) is 14.3 Å². The van der Waals surface area contributed by atoms with Crippen LogP contribution in [0.3, 0.4) is 0 Å².